The van der Waals surface area contributed by atoms with E-state index in [1.165, 1.54) is 24.8 Å². The average Bonchev–Trinajstić information content (AvgIpc) is 3.07. The molecule has 1 aromatic carbocycles. The molecule has 1 aliphatic carbocycles. The smallest absolute Gasteiger partial charge is 0.233 e. The highest BCUT2D eigenvalue weighted by Gasteiger charge is 2.50. The number of rotatable bonds is 7. The molecule has 0 spiro atoms. The summed E-state index contributed by atoms with van der Waals surface area (Å²) >= 11 is 0. The van der Waals surface area contributed by atoms with Gasteiger partial charge in [-0.15, -0.1) is 0 Å². The number of likely N-dealkylation sites (tertiary alicyclic amines) is 1. The summed E-state index contributed by atoms with van der Waals surface area (Å²) in [6.45, 7) is 2.80. The molecule has 1 saturated heterocycles. The van der Waals surface area contributed by atoms with Gasteiger partial charge in [0, 0.05) is 12.8 Å². The van der Waals surface area contributed by atoms with E-state index >= 15 is 0 Å². The number of carbonyl (C=O) groups excluding carboxylic acids is 2. The molecule has 3 unspecified atom stereocenters. The van der Waals surface area contributed by atoms with E-state index in [4.69, 9.17) is 0 Å². The highest BCUT2D eigenvalue weighted by molar-refractivity contribution is 5.79. The number of hydrogen-bond donors (Lipinski definition) is 0. The van der Waals surface area contributed by atoms with E-state index < -0.39 is 0 Å². The Morgan fingerprint density at radius 1 is 1.08 bits per heavy atom. The largest absolute Gasteiger partial charge is 0.324 e. The molecule has 1 aliphatic heterocycles. The second-order valence-electron chi connectivity index (χ2n) is 8.47. The van der Waals surface area contributed by atoms with E-state index in [0.717, 1.165) is 57.9 Å². The summed E-state index contributed by atoms with van der Waals surface area (Å²) in [4.78, 5) is 25.3. The molecule has 0 aromatic heterocycles. The van der Waals surface area contributed by atoms with Gasteiger partial charge in [0.25, 0.3) is 0 Å². The van der Waals surface area contributed by atoms with Crippen LogP contribution in [0.5, 0.6) is 0 Å². The van der Waals surface area contributed by atoms with Gasteiger partial charge in [-0.05, 0) is 50.5 Å². The van der Waals surface area contributed by atoms with Crippen LogP contribution < -0.4 is 0 Å². The Labute approximate surface area is 158 Å². The number of hydrogen-bond acceptors (Lipinski definition) is 2. The normalized spacial score (nSPS) is 31.7. The lowest BCUT2D eigenvalue weighted by Crippen LogP contribution is -2.57. The minimum atomic E-state index is 0.102. The van der Waals surface area contributed by atoms with Crippen LogP contribution in [0.2, 0.25) is 0 Å². The van der Waals surface area contributed by atoms with Gasteiger partial charge in [-0.3, -0.25) is 0 Å². The first-order valence-corrected chi connectivity index (χ1v) is 10.6. The molecule has 0 N–H and O–H groups in total. The monoisotopic (exact) mass is 356 g/mol. The van der Waals surface area contributed by atoms with Crippen LogP contribution in [0.3, 0.4) is 0 Å². The van der Waals surface area contributed by atoms with Crippen molar-refractivity contribution in [1.29, 1.82) is 0 Å². The molecule has 4 atom stereocenters. The van der Waals surface area contributed by atoms with Gasteiger partial charge in [0.05, 0.1) is 12.5 Å². The third kappa shape index (κ3) is 4.09. The van der Waals surface area contributed by atoms with Crippen LogP contribution >= 0.6 is 0 Å². The van der Waals surface area contributed by atoms with Gasteiger partial charge in [0.15, 0.2) is 0 Å². The molecular formula is C23H34NO2+. The fourth-order valence-electron chi connectivity index (χ4n) is 5.20. The molecule has 2 fully saturated rings. The van der Waals surface area contributed by atoms with Crippen LogP contribution in [0.25, 0.3) is 0 Å². The summed E-state index contributed by atoms with van der Waals surface area (Å²) in [7, 11) is 0. The number of imide groups is 1. The van der Waals surface area contributed by atoms with Crippen LogP contribution in [0.4, 0.5) is 0 Å². The van der Waals surface area contributed by atoms with Crippen LogP contribution in [-0.4, -0.2) is 29.4 Å². The molecule has 26 heavy (non-hydrogen) atoms. The zero-order valence-electron chi connectivity index (χ0n) is 16.2. The van der Waals surface area contributed by atoms with Gasteiger partial charge in [-0.1, -0.05) is 49.6 Å². The predicted octanol–water partition coefficient (Wildman–Crippen LogP) is 4.89. The summed E-state index contributed by atoms with van der Waals surface area (Å²) in [6.07, 6.45) is 12.1. The van der Waals surface area contributed by atoms with Crippen molar-refractivity contribution < 1.29 is 14.1 Å². The number of carbonyl (C=O) groups is 2. The molecule has 0 radical (unpaired) electrons. The van der Waals surface area contributed by atoms with Crippen LogP contribution in [0.15, 0.2) is 30.3 Å². The summed E-state index contributed by atoms with van der Waals surface area (Å²) in [6, 6.07) is 10.8. The fraction of sp³-hybridized carbons (Fsp3) is 0.652. The summed E-state index contributed by atoms with van der Waals surface area (Å²) in [5.41, 5.74) is 1.40. The van der Waals surface area contributed by atoms with E-state index in [0.29, 0.717) is 5.92 Å². The lowest BCUT2D eigenvalue weighted by atomic mass is 9.75. The van der Waals surface area contributed by atoms with E-state index in [2.05, 4.69) is 37.3 Å². The summed E-state index contributed by atoms with van der Waals surface area (Å²) in [5.74, 6) is 0.818. The van der Waals surface area contributed by atoms with E-state index in [9.17, 15) is 9.59 Å². The van der Waals surface area contributed by atoms with Crippen molar-refractivity contribution in [2.45, 2.75) is 77.2 Å². The van der Waals surface area contributed by atoms with Crippen molar-refractivity contribution in [2.75, 3.05) is 6.54 Å². The van der Waals surface area contributed by atoms with Crippen molar-refractivity contribution in [1.82, 2.24) is 0 Å². The molecule has 1 aromatic rings. The summed E-state index contributed by atoms with van der Waals surface area (Å²) < 4.78 is 0.102. The number of nitrogens with zero attached hydrogens (tertiary/aromatic N) is 1. The van der Waals surface area contributed by atoms with Crippen molar-refractivity contribution in [3.05, 3.63) is 35.9 Å². The Hall–Kier alpha value is -1.48. The molecule has 2 amide bonds. The summed E-state index contributed by atoms with van der Waals surface area (Å²) in [5, 5.41) is 0. The topological polar surface area (TPSA) is 34.1 Å². The molecule has 142 valence electrons. The quantitative estimate of drug-likeness (QED) is 0.396. The first-order valence-electron chi connectivity index (χ1n) is 10.6. The Balaban J connectivity index is 1.57. The van der Waals surface area contributed by atoms with Gasteiger partial charge in [0.1, 0.15) is 6.04 Å². The van der Waals surface area contributed by atoms with Crippen molar-refractivity contribution in [3.63, 3.8) is 0 Å². The maximum atomic E-state index is 13.4. The number of unbranched alkanes of at least 4 members (excludes halogenated alkanes) is 1. The number of benzene rings is 1. The Morgan fingerprint density at radius 3 is 2.54 bits per heavy atom. The molecule has 0 bridgehead atoms. The highest BCUT2D eigenvalue weighted by Crippen LogP contribution is 2.38. The molecule has 3 heteroatoms. The molecule has 3 nitrogen and oxygen atoms in total. The highest BCUT2D eigenvalue weighted by atomic mass is 16.2. The lowest BCUT2D eigenvalue weighted by Gasteiger charge is -2.37. The van der Waals surface area contributed by atoms with Gasteiger partial charge >= 0.3 is 12.3 Å². The Kier molecular flexibility index (Phi) is 6.63. The minimum Gasteiger partial charge on any atom is -0.233 e. The van der Waals surface area contributed by atoms with E-state index in [-0.39, 0.29) is 22.3 Å². The van der Waals surface area contributed by atoms with Crippen molar-refractivity contribution in [2.24, 2.45) is 11.8 Å². The zero-order chi connectivity index (χ0) is 18.4. The van der Waals surface area contributed by atoms with Gasteiger partial charge in [0.2, 0.25) is 0 Å². The van der Waals surface area contributed by atoms with Gasteiger partial charge in [-0.2, -0.15) is 4.48 Å². The van der Waals surface area contributed by atoms with Crippen LogP contribution in [0.1, 0.15) is 70.3 Å². The molecule has 1 heterocycles. The first kappa shape index (κ1) is 19.3. The van der Waals surface area contributed by atoms with Crippen molar-refractivity contribution in [3.8, 4) is 0 Å². The third-order valence-corrected chi connectivity index (χ3v) is 6.89. The van der Waals surface area contributed by atoms with E-state index in [1.54, 1.807) is 0 Å². The lowest BCUT2D eigenvalue weighted by molar-refractivity contribution is -0.782. The molecule has 2 aliphatic rings. The predicted molar refractivity (Wildman–Crippen MR) is 104 cm³/mol. The molecule has 3 rings (SSSR count). The minimum absolute atomic E-state index is 0.102. The SMILES string of the molecule is C[C@@H]1CCC[N+]1(C=O)C(=O)C1CCCCC1CCCCc1ccccc1. The fourth-order valence-corrected chi connectivity index (χ4v) is 5.20. The maximum Gasteiger partial charge on any atom is 0.324 e. The second kappa shape index (κ2) is 8.94. The third-order valence-electron chi connectivity index (χ3n) is 6.89. The first-order chi connectivity index (χ1) is 12.7. The average molecular weight is 357 g/mol. The molecular weight excluding hydrogens is 322 g/mol. The Bertz CT molecular complexity index is 599. The van der Waals surface area contributed by atoms with Gasteiger partial charge < -0.3 is 0 Å². The van der Waals surface area contributed by atoms with Crippen LogP contribution in [0, 0.1) is 11.8 Å². The zero-order valence-corrected chi connectivity index (χ0v) is 16.2. The number of amides is 2. The Morgan fingerprint density at radius 2 is 1.85 bits per heavy atom. The number of aryl methyl sites for hydroxylation is 1. The van der Waals surface area contributed by atoms with Crippen molar-refractivity contribution >= 4 is 12.3 Å². The molecule has 1 saturated carbocycles. The second-order valence-corrected chi connectivity index (χ2v) is 8.47. The van der Waals surface area contributed by atoms with Gasteiger partial charge in [-0.25, -0.2) is 9.59 Å². The standard InChI is InChI=1S/C23H34NO2/c1-19-10-9-17-24(19,18-25)23(26)22-16-8-7-15-21(22)14-6-5-13-20-11-3-2-4-12-20/h2-4,11-12,18-19,21-22H,5-10,13-17H2,1H3/q+1/t19-,21?,22?,24?/m1/s1. The maximum absolute atomic E-state index is 13.4. The number of quaternary nitrogens is 1. The van der Waals surface area contributed by atoms with E-state index in [1.807, 2.05) is 0 Å². The van der Waals surface area contributed by atoms with Crippen LogP contribution in [-0.2, 0) is 16.0 Å².